The minimum absolute atomic E-state index is 0.0455. The molecule has 4 N–H and O–H groups in total. The van der Waals surface area contributed by atoms with Gasteiger partial charge < -0.3 is 20.9 Å². The maximum Gasteiger partial charge on any atom is 0.305 e. The number of carbonyl (C=O) groups excluding carboxylic acids is 1. The predicted octanol–water partition coefficient (Wildman–Crippen LogP) is -0.670. The van der Waals surface area contributed by atoms with Crippen molar-refractivity contribution in [2.75, 3.05) is 13.7 Å². The minimum Gasteiger partial charge on any atom is -0.481 e. The molecule has 1 aliphatic carbocycles. The van der Waals surface area contributed by atoms with Crippen LogP contribution in [0.1, 0.15) is 19.3 Å². The molecular formula is C10H18N2O4. The lowest BCUT2D eigenvalue weighted by atomic mass is 10.1. The number of hydrogen-bond acceptors (Lipinski definition) is 4. The molecule has 1 aliphatic rings. The second kappa shape index (κ2) is 5.81. The third-order valence-electron chi connectivity index (χ3n) is 2.60. The molecule has 1 rings (SSSR count). The summed E-state index contributed by atoms with van der Waals surface area (Å²) in [5, 5.41) is 11.4. The van der Waals surface area contributed by atoms with E-state index in [0.717, 1.165) is 12.8 Å². The Balaban J connectivity index is 2.41. The Morgan fingerprint density at radius 2 is 2.19 bits per heavy atom. The normalized spacial score (nSPS) is 18.9. The van der Waals surface area contributed by atoms with E-state index in [0.29, 0.717) is 0 Å². The molecule has 1 amide bonds. The van der Waals surface area contributed by atoms with Crippen molar-refractivity contribution in [3.05, 3.63) is 0 Å². The van der Waals surface area contributed by atoms with E-state index in [9.17, 15) is 9.59 Å². The minimum atomic E-state index is -0.905. The van der Waals surface area contributed by atoms with Crippen molar-refractivity contribution < 1.29 is 19.4 Å². The Labute approximate surface area is 94.1 Å². The Bertz CT molecular complexity index is 266. The van der Waals surface area contributed by atoms with Crippen LogP contribution in [-0.2, 0) is 14.3 Å². The molecule has 16 heavy (non-hydrogen) atoms. The average molecular weight is 230 g/mol. The van der Waals surface area contributed by atoms with E-state index in [-0.39, 0.29) is 30.9 Å². The number of carbonyl (C=O) groups is 2. The maximum atomic E-state index is 11.5. The smallest absolute Gasteiger partial charge is 0.305 e. The lowest BCUT2D eigenvalue weighted by Crippen LogP contribution is -2.48. The summed E-state index contributed by atoms with van der Waals surface area (Å²) in [5.41, 5.74) is 5.54. The van der Waals surface area contributed by atoms with Crippen LogP contribution in [0.3, 0.4) is 0 Å². The van der Waals surface area contributed by atoms with Crippen LogP contribution in [0.15, 0.2) is 0 Å². The van der Waals surface area contributed by atoms with Crippen LogP contribution in [0.2, 0.25) is 0 Å². The first-order valence-corrected chi connectivity index (χ1v) is 5.31. The molecular weight excluding hydrogens is 212 g/mol. The highest BCUT2D eigenvalue weighted by molar-refractivity contribution is 5.82. The zero-order valence-corrected chi connectivity index (χ0v) is 9.31. The number of aliphatic carboxylic acids is 1. The van der Waals surface area contributed by atoms with Gasteiger partial charge in [0.05, 0.1) is 13.0 Å². The Hall–Kier alpha value is -1.14. The summed E-state index contributed by atoms with van der Waals surface area (Å²) >= 11 is 0. The Morgan fingerprint density at radius 3 is 2.62 bits per heavy atom. The Morgan fingerprint density at radius 1 is 1.56 bits per heavy atom. The van der Waals surface area contributed by atoms with Crippen molar-refractivity contribution in [1.82, 2.24) is 5.32 Å². The van der Waals surface area contributed by atoms with Gasteiger partial charge in [-0.05, 0) is 18.8 Å². The molecule has 0 heterocycles. The molecule has 1 fully saturated rings. The largest absolute Gasteiger partial charge is 0.481 e. The number of hydrogen-bond donors (Lipinski definition) is 3. The standard InChI is InChI=1S/C10H18N2O4/c1-16-5-7(11)10(15)12-8(4-9(13)14)6-2-3-6/h6-8H,2-5,11H2,1H3,(H,12,15)(H,13,14). The summed E-state index contributed by atoms with van der Waals surface area (Å²) in [4.78, 5) is 22.2. The van der Waals surface area contributed by atoms with E-state index in [4.69, 9.17) is 15.6 Å². The van der Waals surface area contributed by atoms with Crippen LogP contribution >= 0.6 is 0 Å². The monoisotopic (exact) mass is 230 g/mol. The van der Waals surface area contributed by atoms with Crippen LogP contribution in [-0.4, -0.2) is 42.8 Å². The van der Waals surface area contributed by atoms with E-state index in [1.54, 1.807) is 0 Å². The van der Waals surface area contributed by atoms with Crippen LogP contribution in [0.25, 0.3) is 0 Å². The van der Waals surface area contributed by atoms with Gasteiger partial charge in [0.15, 0.2) is 0 Å². The fourth-order valence-corrected chi connectivity index (χ4v) is 1.57. The van der Waals surface area contributed by atoms with Crippen LogP contribution in [0.5, 0.6) is 0 Å². The Kier molecular flexibility index (Phi) is 4.70. The van der Waals surface area contributed by atoms with Crippen molar-refractivity contribution in [3.8, 4) is 0 Å². The van der Waals surface area contributed by atoms with Crippen molar-refractivity contribution in [1.29, 1.82) is 0 Å². The fourth-order valence-electron chi connectivity index (χ4n) is 1.57. The highest BCUT2D eigenvalue weighted by Crippen LogP contribution is 2.34. The topological polar surface area (TPSA) is 102 Å². The summed E-state index contributed by atoms with van der Waals surface area (Å²) in [7, 11) is 1.46. The van der Waals surface area contributed by atoms with Gasteiger partial charge in [0.2, 0.25) is 5.91 Å². The zero-order chi connectivity index (χ0) is 12.1. The first-order chi connectivity index (χ1) is 7.54. The van der Waals surface area contributed by atoms with Gasteiger partial charge in [-0.2, -0.15) is 0 Å². The number of methoxy groups -OCH3 is 1. The molecule has 92 valence electrons. The van der Waals surface area contributed by atoms with Crippen molar-refractivity contribution in [2.45, 2.75) is 31.3 Å². The zero-order valence-electron chi connectivity index (χ0n) is 9.31. The molecule has 0 radical (unpaired) electrons. The molecule has 2 atom stereocenters. The molecule has 1 saturated carbocycles. The number of ether oxygens (including phenoxy) is 1. The van der Waals surface area contributed by atoms with E-state index in [1.165, 1.54) is 7.11 Å². The average Bonchev–Trinajstić information content (AvgIpc) is 2.99. The third kappa shape index (κ3) is 4.16. The lowest BCUT2D eigenvalue weighted by Gasteiger charge is -2.18. The number of amides is 1. The molecule has 0 aliphatic heterocycles. The summed E-state index contributed by atoms with van der Waals surface area (Å²) < 4.78 is 4.76. The quantitative estimate of drug-likeness (QED) is 0.538. The van der Waals surface area contributed by atoms with Gasteiger partial charge in [0.1, 0.15) is 6.04 Å². The number of rotatable bonds is 7. The molecule has 0 aromatic rings. The third-order valence-corrected chi connectivity index (χ3v) is 2.60. The van der Waals surface area contributed by atoms with Crippen LogP contribution in [0, 0.1) is 5.92 Å². The molecule has 0 spiro atoms. The molecule has 6 nitrogen and oxygen atoms in total. The van der Waals surface area contributed by atoms with E-state index in [2.05, 4.69) is 5.32 Å². The lowest BCUT2D eigenvalue weighted by molar-refractivity contribution is -0.138. The van der Waals surface area contributed by atoms with Gasteiger partial charge in [0, 0.05) is 13.2 Å². The number of nitrogens with two attached hydrogens (primary N) is 1. The molecule has 0 aromatic carbocycles. The highest BCUT2D eigenvalue weighted by atomic mass is 16.5. The first kappa shape index (κ1) is 12.9. The number of carboxylic acid groups (broad SMARTS) is 1. The maximum absolute atomic E-state index is 11.5. The van der Waals surface area contributed by atoms with Gasteiger partial charge in [-0.15, -0.1) is 0 Å². The number of nitrogens with one attached hydrogen (secondary N) is 1. The summed E-state index contributed by atoms with van der Waals surface area (Å²) in [6.45, 7) is 0.135. The number of carboxylic acids is 1. The SMILES string of the molecule is COCC(N)C(=O)NC(CC(=O)O)C1CC1. The van der Waals surface area contributed by atoms with Gasteiger partial charge in [0.25, 0.3) is 0 Å². The van der Waals surface area contributed by atoms with Crippen molar-refractivity contribution in [2.24, 2.45) is 11.7 Å². The second-order valence-electron chi connectivity index (χ2n) is 4.11. The molecule has 0 bridgehead atoms. The molecule has 0 aromatic heterocycles. The highest BCUT2D eigenvalue weighted by Gasteiger charge is 2.34. The summed E-state index contributed by atoms with van der Waals surface area (Å²) in [6, 6.07) is -1.03. The van der Waals surface area contributed by atoms with Crippen LogP contribution < -0.4 is 11.1 Å². The second-order valence-corrected chi connectivity index (χ2v) is 4.11. The fraction of sp³-hybridized carbons (Fsp3) is 0.800. The van der Waals surface area contributed by atoms with Crippen LogP contribution in [0.4, 0.5) is 0 Å². The molecule has 0 saturated heterocycles. The summed E-state index contributed by atoms with van der Waals surface area (Å²) in [6.07, 6.45) is 1.89. The van der Waals surface area contributed by atoms with E-state index < -0.39 is 12.0 Å². The van der Waals surface area contributed by atoms with Crippen molar-refractivity contribution >= 4 is 11.9 Å². The predicted molar refractivity (Wildman–Crippen MR) is 56.8 cm³/mol. The van der Waals surface area contributed by atoms with Crippen molar-refractivity contribution in [3.63, 3.8) is 0 Å². The van der Waals surface area contributed by atoms with Gasteiger partial charge in [-0.1, -0.05) is 0 Å². The van der Waals surface area contributed by atoms with Gasteiger partial charge in [-0.3, -0.25) is 9.59 Å². The molecule has 2 unspecified atom stereocenters. The van der Waals surface area contributed by atoms with E-state index >= 15 is 0 Å². The molecule has 6 heteroatoms. The van der Waals surface area contributed by atoms with Gasteiger partial charge in [-0.25, -0.2) is 0 Å². The first-order valence-electron chi connectivity index (χ1n) is 5.31. The van der Waals surface area contributed by atoms with Gasteiger partial charge >= 0.3 is 5.97 Å². The van der Waals surface area contributed by atoms with E-state index in [1.807, 2.05) is 0 Å². The summed E-state index contributed by atoms with van der Waals surface area (Å²) in [5.74, 6) is -0.965.